The molecule has 150 valence electrons. The van der Waals surface area contributed by atoms with Crippen molar-refractivity contribution in [1.82, 2.24) is 14.9 Å². The molecule has 4 N–H and O–H groups in total. The van der Waals surface area contributed by atoms with Crippen LogP contribution in [0.25, 0.3) is 11.3 Å². The largest absolute Gasteiger partial charge is 0.336 e. The summed E-state index contributed by atoms with van der Waals surface area (Å²) in [5.74, 6) is -0.276. The Bertz CT molecular complexity index is 976. The highest BCUT2D eigenvalue weighted by molar-refractivity contribution is 5.65. The van der Waals surface area contributed by atoms with E-state index in [0.29, 0.717) is 6.54 Å². The second-order valence-corrected chi connectivity index (χ2v) is 7.46. The van der Waals surface area contributed by atoms with E-state index in [1.165, 1.54) is 12.1 Å². The molecule has 0 amide bonds. The van der Waals surface area contributed by atoms with Crippen molar-refractivity contribution in [3.05, 3.63) is 78.0 Å². The molecule has 2 aromatic heterocycles. The number of pyridine rings is 2. The molecule has 3 heterocycles. The minimum Gasteiger partial charge on any atom is -0.336 e. The molecular weight excluding hydrogens is 367 g/mol. The van der Waals surface area contributed by atoms with Gasteiger partial charge in [-0.05, 0) is 62.4 Å². The van der Waals surface area contributed by atoms with Crippen molar-refractivity contribution in [1.29, 1.82) is 0 Å². The van der Waals surface area contributed by atoms with E-state index >= 15 is 0 Å². The number of hydrogen-bond donors (Lipinski definition) is 2. The minimum atomic E-state index is -0.444. The summed E-state index contributed by atoms with van der Waals surface area (Å²) < 4.78 is 13.3. The van der Waals surface area contributed by atoms with Crippen molar-refractivity contribution in [2.75, 3.05) is 4.90 Å². The molecule has 29 heavy (non-hydrogen) atoms. The van der Waals surface area contributed by atoms with Crippen LogP contribution >= 0.6 is 0 Å². The molecule has 2 unspecified atom stereocenters. The standard InChI is InChI=1S/C22H25FN6/c1-14(2)29-21(24)20-19(28(22(29)25)13-17-5-3-4-12-26-17)11-10-18(27-20)15-6-8-16(23)9-7-15/h3-12,14,21-22H,13,24-25H2,1-2H3. The van der Waals surface area contributed by atoms with Gasteiger partial charge in [-0.1, -0.05) is 6.07 Å². The molecule has 7 heteroatoms. The van der Waals surface area contributed by atoms with Gasteiger partial charge in [-0.3, -0.25) is 10.7 Å². The topological polar surface area (TPSA) is 84.3 Å². The van der Waals surface area contributed by atoms with Crippen LogP contribution in [0, 0.1) is 5.82 Å². The minimum absolute atomic E-state index is 0.121. The summed E-state index contributed by atoms with van der Waals surface area (Å²) in [6, 6.07) is 16.1. The van der Waals surface area contributed by atoms with Crippen molar-refractivity contribution < 1.29 is 4.39 Å². The summed E-state index contributed by atoms with van der Waals surface area (Å²) in [5.41, 5.74) is 17.3. The lowest BCUT2D eigenvalue weighted by molar-refractivity contribution is 0.0818. The average molecular weight is 392 g/mol. The van der Waals surface area contributed by atoms with Crippen LogP contribution < -0.4 is 16.4 Å². The van der Waals surface area contributed by atoms with E-state index in [-0.39, 0.29) is 11.9 Å². The number of halogens is 1. The number of fused-ring (bicyclic) bond motifs is 1. The zero-order valence-corrected chi connectivity index (χ0v) is 16.5. The third-order valence-electron chi connectivity index (χ3n) is 5.23. The van der Waals surface area contributed by atoms with Crippen LogP contribution in [0.2, 0.25) is 0 Å². The first-order valence-corrected chi connectivity index (χ1v) is 9.67. The van der Waals surface area contributed by atoms with Crippen LogP contribution in [-0.4, -0.2) is 27.2 Å². The van der Waals surface area contributed by atoms with Gasteiger partial charge in [0.1, 0.15) is 18.3 Å². The predicted molar refractivity (Wildman–Crippen MR) is 112 cm³/mol. The fourth-order valence-electron chi connectivity index (χ4n) is 3.79. The van der Waals surface area contributed by atoms with Crippen LogP contribution in [0.1, 0.15) is 31.4 Å². The van der Waals surface area contributed by atoms with Gasteiger partial charge in [-0.25, -0.2) is 14.3 Å². The lowest BCUT2D eigenvalue weighted by Crippen LogP contribution is -2.62. The molecule has 0 spiro atoms. The number of benzene rings is 1. The fraction of sp³-hybridized carbons (Fsp3) is 0.273. The Hall–Kier alpha value is -2.87. The summed E-state index contributed by atoms with van der Waals surface area (Å²) in [5, 5.41) is 0. The van der Waals surface area contributed by atoms with E-state index in [4.69, 9.17) is 16.5 Å². The predicted octanol–water partition coefficient (Wildman–Crippen LogP) is 3.21. The van der Waals surface area contributed by atoms with E-state index in [1.807, 2.05) is 35.2 Å². The van der Waals surface area contributed by atoms with Gasteiger partial charge in [-0.15, -0.1) is 0 Å². The zero-order chi connectivity index (χ0) is 20.5. The summed E-state index contributed by atoms with van der Waals surface area (Å²) in [6.45, 7) is 4.67. The summed E-state index contributed by atoms with van der Waals surface area (Å²) >= 11 is 0. The second-order valence-electron chi connectivity index (χ2n) is 7.46. The normalized spacial score (nSPS) is 19.4. The summed E-state index contributed by atoms with van der Waals surface area (Å²) in [4.78, 5) is 13.4. The molecular formula is C22H25FN6. The van der Waals surface area contributed by atoms with Gasteiger partial charge in [-0.2, -0.15) is 0 Å². The van der Waals surface area contributed by atoms with E-state index in [1.54, 1.807) is 18.3 Å². The quantitative estimate of drug-likeness (QED) is 0.709. The van der Waals surface area contributed by atoms with Gasteiger partial charge in [0.15, 0.2) is 0 Å². The van der Waals surface area contributed by atoms with Crippen LogP contribution in [0.15, 0.2) is 60.8 Å². The smallest absolute Gasteiger partial charge is 0.137 e. The Morgan fingerprint density at radius 2 is 1.79 bits per heavy atom. The fourth-order valence-corrected chi connectivity index (χ4v) is 3.79. The number of nitrogens with zero attached hydrogens (tertiary/aromatic N) is 4. The maximum Gasteiger partial charge on any atom is 0.137 e. The molecule has 0 aliphatic carbocycles. The Balaban J connectivity index is 1.78. The van der Waals surface area contributed by atoms with Crippen LogP contribution in [0.4, 0.5) is 10.1 Å². The van der Waals surface area contributed by atoms with Crippen molar-refractivity contribution >= 4 is 5.69 Å². The van der Waals surface area contributed by atoms with Crippen LogP contribution in [0.5, 0.6) is 0 Å². The van der Waals surface area contributed by atoms with Gasteiger partial charge in [0.25, 0.3) is 0 Å². The molecule has 0 radical (unpaired) electrons. The monoisotopic (exact) mass is 392 g/mol. The van der Waals surface area contributed by atoms with Gasteiger partial charge in [0.2, 0.25) is 0 Å². The number of rotatable bonds is 4. The highest BCUT2D eigenvalue weighted by Gasteiger charge is 2.38. The zero-order valence-electron chi connectivity index (χ0n) is 16.5. The van der Waals surface area contributed by atoms with E-state index in [2.05, 4.69) is 23.7 Å². The first-order valence-electron chi connectivity index (χ1n) is 9.67. The van der Waals surface area contributed by atoms with Crippen LogP contribution in [0.3, 0.4) is 0 Å². The number of nitrogens with two attached hydrogens (primary N) is 2. The first kappa shape index (κ1) is 19.4. The Labute approximate surface area is 170 Å². The van der Waals surface area contributed by atoms with Gasteiger partial charge in [0, 0.05) is 17.8 Å². The molecule has 4 rings (SSSR count). The molecule has 1 aliphatic heterocycles. The highest BCUT2D eigenvalue weighted by Crippen LogP contribution is 2.37. The lowest BCUT2D eigenvalue weighted by Gasteiger charge is -2.48. The Morgan fingerprint density at radius 1 is 1.03 bits per heavy atom. The first-order chi connectivity index (χ1) is 14.0. The third kappa shape index (κ3) is 3.72. The molecule has 3 aromatic rings. The molecule has 0 saturated heterocycles. The lowest BCUT2D eigenvalue weighted by atomic mass is 10.1. The van der Waals surface area contributed by atoms with Crippen molar-refractivity contribution in [2.24, 2.45) is 11.5 Å². The SMILES string of the molecule is CC(C)N1C(N)c2nc(-c3ccc(F)cc3)ccc2N(Cc2ccccn2)C1N. The second kappa shape index (κ2) is 7.87. The van der Waals surface area contributed by atoms with E-state index < -0.39 is 12.5 Å². The third-order valence-corrected chi connectivity index (χ3v) is 5.23. The molecule has 2 atom stereocenters. The maximum absolute atomic E-state index is 13.3. The highest BCUT2D eigenvalue weighted by atomic mass is 19.1. The molecule has 1 aromatic carbocycles. The van der Waals surface area contributed by atoms with Crippen molar-refractivity contribution in [3.63, 3.8) is 0 Å². The maximum atomic E-state index is 13.3. The Morgan fingerprint density at radius 3 is 2.45 bits per heavy atom. The van der Waals surface area contributed by atoms with E-state index in [9.17, 15) is 4.39 Å². The average Bonchev–Trinajstić information content (AvgIpc) is 2.72. The number of aromatic nitrogens is 2. The van der Waals surface area contributed by atoms with E-state index in [0.717, 1.165) is 28.3 Å². The summed E-state index contributed by atoms with van der Waals surface area (Å²) in [7, 11) is 0. The van der Waals surface area contributed by atoms with Crippen molar-refractivity contribution in [2.45, 2.75) is 38.9 Å². The molecule has 0 bridgehead atoms. The molecule has 0 saturated carbocycles. The van der Waals surface area contributed by atoms with Crippen molar-refractivity contribution in [3.8, 4) is 11.3 Å². The number of hydrogen-bond acceptors (Lipinski definition) is 6. The van der Waals surface area contributed by atoms with Crippen LogP contribution in [-0.2, 0) is 6.54 Å². The Kier molecular flexibility index (Phi) is 5.27. The molecule has 6 nitrogen and oxygen atoms in total. The van der Waals surface area contributed by atoms with Gasteiger partial charge >= 0.3 is 0 Å². The molecule has 1 aliphatic rings. The summed E-state index contributed by atoms with van der Waals surface area (Å²) in [6.07, 6.45) is 0.923. The van der Waals surface area contributed by atoms with Gasteiger partial charge < -0.3 is 10.6 Å². The molecule has 0 fully saturated rings. The number of anilines is 1. The van der Waals surface area contributed by atoms with Gasteiger partial charge in [0.05, 0.1) is 29.3 Å².